The molecule has 0 atom stereocenters. The maximum atomic E-state index is 5.99. The van der Waals surface area contributed by atoms with Crippen LogP contribution in [-0.4, -0.2) is 10.6 Å². The minimum atomic E-state index is 0.515. The van der Waals surface area contributed by atoms with Gasteiger partial charge in [0.1, 0.15) is 0 Å². The largest absolute Gasteiger partial charge is 0.386 e. The second-order valence-electron chi connectivity index (χ2n) is 6.13. The summed E-state index contributed by atoms with van der Waals surface area (Å²) in [6.45, 7) is 12.9. The first-order chi connectivity index (χ1) is 12.5. The highest BCUT2D eigenvalue weighted by atomic mass is 32.1. The van der Waals surface area contributed by atoms with Crippen LogP contribution in [0.15, 0.2) is 83.6 Å². The van der Waals surface area contributed by atoms with Crippen molar-refractivity contribution in [1.29, 1.82) is 0 Å². The van der Waals surface area contributed by atoms with Crippen LogP contribution in [0.4, 0.5) is 0 Å². The average molecular weight is 366 g/mol. The fourth-order valence-corrected chi connectivity index (χ4v) is 3.34. The first-order valence-corrected chi connectivity index (χ1v) is 9.57. The Morgan fingerprint density at radius 1 is 1.15 bits per heavy atom. The van der Waals surface area contributed by atoms with E-state index in [0.717, 1.165) is 29.9 Å². The third-order valence-corrected chi connectivity index (χ3v) is 4.94. The molecule has 0 amide bonds. The van der Waals surface area contributed by atoms with Crippen LogP contribution in [0.2, 0.25) is 0 Å². The molecule has 2 rings (SSSR count). The molecule has 1 heterocycles. The van der Waals surface area contributed by atoms with Crippen LogP contribution in [0.25, 0.3) is 5.70 Å². The van der Waals surface area contributed by atoms with E-state index in [9.17, 15) is 0 Å². The van der Waals surface area contributed by atoms with E-state index < -0.39 is 0 Å². The Morgan fingerprint density at radius 2 is 1.88 bits per heavy atom. The van der Waals surface area contributed by atoms with E-state index in [0.29, 0.717) is 12.4 Å². The van der Waals surface area contributed by atoms with Crippen molar-refractivity contribution in [3.05, 3.63) is 89.0 Å². The number of rotatable bonds is 9. The normalized spacial score (nSPS) is 12.1. The molecule has 0 aliphatic heterocycles. The Hall–Kier alpha value is -2.59. The number of allylic oxidation sites excluding steroid dienone is 2. The molecule has 3 nitrogen and oxygen atoms in total. The number of benzene rings is 1. The van der Waals surface area contributed by atoms with Gasteiger partial charge in [-0.1, -0.05) is 55.6 Å². The van der Waals surface area contributed by atoms with Gasteiger partial charge >= 0.3 is 0 Å². The second-order valence-corrected chi connectivity index (χ2v) is 7.08. The summed E-state index contributed by atoms with van der Waals surface area (Å²) in [7, 11) is 0. The summed E-state index contributed by atoms with van der Waals surface area (Å²) < 4.78 is 0. The van der Waals surface area contributed by atoms with E-state index in [1.54, 1.807) is 11.3 Å². The minimum Gasteiger partial charge on any atom is -0.386 e. The Kier molecular flexibility index (Phi) is 7.42. The first kappa shape index (κ1) is 19.7. The number of hydrogen-bond donors (Lipinski definition) is 1. The van der Waals surface area contributed by atoms with Gasteiger partial charge in [0.05, 0.1) is 16.4 Å². The monoisotopic (exact) mass is 365 g/mol. The minimum absolute atomic E-state index is 0.515. The molecule has 0 aliphatic carbocycles. The van der Waals surface area contributed by atoms with Crippen LogP contribution >= 0.6 is 11.3 Å². The average Bonchev–Trinajstić information content (AvgIpc) is 3.17. The summed E-state index contributed by atoms with van der Waals surface area (Å²) in [5, 5.41) is 2.07. The highest BCUT2D eigenvalue weighted by Gasteiger charge is 2.11. The maximum absolute atomic E-state index is 5.99. The number of hydrogen-bond acceptors (Lipinski definition) is 4. The molecule has 0 fully saturated rings. The van der Waals surface area contributed by atoms with Crippen molar-refractivity contribution in [2.45, 2.75) is 33.2 Å². The number of nitrogens with two attached hydrogens (primary N) is 1. The molecule has 0 saturated heterocycles. The van der Waals surface area contributed by atoms with Gasteiger partial charge < -0.3 is 10.6 Å². The van der Waals surface area contributed by atoms with Crippen molar-refractivity contribution < 1.29 is 0 Å². The predicted molar refractivity (Wildman–Crippen MR) is 115 cm³/mol. The number of nitrogens with zero attached hydrogens (tertiary/aromatic N) is 2. The maximum Gasteiger partial charge on any atom is 0.0957 e. The Labute approximate surface area is 160 Å². The Bertz CT molecular complexity index is 786. The summed E-state index contributed by atoms with van der Waals surface area (Å²) in [5.41, 5.74) is 10.2. The summed E-state index contributed by atoms with van der Waals surface area (Å²) >= 11 is 1.70. The van der Waals surface area contributed by atoms with E-state index >= 15 is 0 Å². The topological polar surface area (TPSA) is 41.6 Å². The lowest BCUT2D eigenvalue weighted by molar-refractivity contribution is 0.404. The van der Waals surface area contributed by atoms with Gasteiger partial charge in [0.25, 0.3) is 0 Å². The molecule has 26 heavy (non-hydrogen) atoms. The van der Waals surface area contributed by atoms with Gasteiger partial charge in [-0.05, 0) is 43.7 Å². The molecular weight excluding hydrogens is 338 g/mol. The molecule has 1 aromatic carbocycles. The van der Waals surface area contributed by atoms with Gasteiger partial charge in [-0.3, -0.25) is 4.99 Å². The summed E-state index contributed by atoms with van der Waals surface area (Å²) in [6.07, 6.45) is 3.67. The van der Waals surface area contributed by atoms with Gasteiger partial charge in [0, 0.05) is 18.0 Å². The van der Waals surface area contributed by atoms with E-state index in [1.807, 2.05) is 42.2 Å². The van der Waals surface area contributed by atoms with Crippen molar-refractivity contribution >= 4 is 22.7 Å². The van der Waals surface area contributed by atoms with Crippen LogP contribution in [-0.2, 0) is 6.54 Å². The lowest BCUT2D eigenvalue weighted by atomic mass is 10.1. The molecule has 0 aliphatic rings. The fourth-order valence-electron chi connectivity index (χ4n) is 2.59. The Morgan fingerprint density at radius 3 is 2.46 bits per heavy atom. The summed E-state index contributed by atoms with van der Waals surface area (Å²) in [5.74, 6) is 0.515. The van der Waals surface area contributed by atoms with Gasteiger partial charge in [0.15, 0.2) is 0 Å². The zero-order chi connectivity index (χ0) is 18.9. The molecule has 0 spiro atoms. The molecule has 1 aromatic heterocycles. The standard InChI is InChI=1S/C22H27N3S/c1-5-21(22-12-9-15-26-22)24-17(2)13-14-18(3)25(19(4)23)16-20-10-7-6-8-11-20/h5-12,15H,3-4,13-14,16,23H2,1-2H3/b21-5-,24-17?. The fraction of sp³-hybridized carbons (Fsp3) is 0.227. The van der Waals surface area contributed by atoms with Crippen molar-refractivity contribution in [1.82, 2.24) is 4.90 Å². The van der Waals surface area contributed by atoms with Crippen LogP contribution < -0.4 is 5.73 Å². The molecule has 2 aromatic rings. The molecule has 0 unspecified atom stereocenters. The molecule has 0 radical (unpaired) electrons. The van der Waals surface area contributed by atoms with Crippen molar-refractivity contribution in [2.75, 3.05) is 0 Å². The molecule has 0 bridgehead atoms. The van der Waals surface area contributed by atoms with E-state index in [1.165, 1.54) is 10.4 Å². The van der Waals surface area contributed by atoms with E-state index in [2.05, 4.69) is 43.7 Å². The lowest BCUT2D eigenvalue weighted by Gasteiger charge is -2.26. The number of aliphatic imine (C=N–C) groups is 1. The third kappa shape index (κ3) is 5.74. The lowest BCUT2D eigenvalue weighted by Crippen LogP contribution is -2.26. The van der Waals surface area contributed by atoms with Gasteiger partial charge in [-0.2, -0.15) is 0 Å². The summed E-state index contributed by atoms with van der Waals surface area (Å²) in [4.78, 5) is 7.93. The highest BCUT2D eigenvalue weighted by molar-refractivity contribution is 7.11. The quantitative estimate of drug-likeness (QED) is 0.571. The van der Waals surface area contributed by atoms with Crippen molar-refractivity contribution in [2.24, 2.45) is 10.7 Å². The molecule has 0 saturated carbocycles. The molecular formula is C22H27N3S. The highest BCUT2D eigenvalue weighted by Crippen LogP contribution is 2.23. The van der Waals surface area contributed by atoms with E-state index in [-0.39, 0.29) is 0 Å². The van der Waals surface area contributed by atoms with Crippen LogP contribution in [0.1, 0.15) is 37.1 Å². The van der Waals surface area contributed by atoms with E-state index in [4.69, 9.17) is 10.7 Å². The molecule has 136 valence electrons. The first-order valence-electron chi connectivity index (χ1n) is 8.69. The Balaban J connectivity index is 1.98. The molecule has 4 heteroatoms. The second kappa shape index (κ2) is 9.78. The zero-order valence-electron chi connectivity index (χ0n) is 15.6. The molecule has 2 N–H and O–H groups in total. The van der Waals surface area contributed by atoms with Crippen molar-refractivity contribution in [3.8, 4) is 0 Å². The zero-order valence-corrected chi connectivity index (χ0v) is 16.4. The van der Waals surface area contributed by atoms with Gasteiger partial charge in [0.2, 0.25) is 0 Å². The predicted octanol–water partition coefficient (Wildman–Crippen LogP) is 5.80. The third-order valence-electron chi connectivity index (χ3n) is 4.05. The summed E-state index contributed by atoms with van der Waals surface area (Å²) in [6, 6.07) is 14.3. The van der Waals surface area contributed by atoms with Crippen LogP contribution in [0, 0.1) is 0 Å². The van der Waals surface area contributed by atoms with Gasteiger partial charge in [-0.15, -0.1) is 11.3 Å². The van der Waals surface area contributed by atoms with Crippen LogP contribution in [0.5, 0.6) is 0 Å². The number of thiophene rings is 1. The van der Waals surface area contributed by atoms with Crippen LogP contribution in [0.3, 0.4) is 0 Å². The SMILES string of the molecule is C=C(N)N(Cc1ccccc1)C(=C)CCC(C)=N/C(=C\C)c1cccs1. The van der Waals surface area contributed by atoms with Crippen molar-refractivity contribution in [3.63, 3.8) is 0 Å². The smallest absolute Gasteiger partial charge is 0.0957 e. The van der Waals surface area contributed by atoms with Gasteiger partial charge in [-0.25, -0.2) is 0 Å².